The number of likely N-dealkylation sites (tertiary alicyclic amines) is 1. The molecule has 2 aliphatic heterocycles. The van der Waals surface area contributed by atoms with Gasteiger partial charge in [-0.25, -0.2) is 0 Å². The molecular weight excluding hydrogens is 236 g/mol. The van der Waals surface area contributed by atoms with Gasteiger partial charge < -0.3 is 15.0 Å². The second-order valence-corrected chi connectivity index (χ2v) is 5.48. The Bertz CT molecular complexity index is 191. The first-order chi connectivity index (χ1) is 9.13. The molecule has 1 N–H and O–H groups in total. The van der Waals surface area contributed by atoms with Gasteiger partial charge >= 0.3 is 0 Å². The van der Waals surface area contributed by atoms with Crippen LogP contribution >= 0.6 is 0 Å². The predicted molar refractivity (Wildman–Crippen MR) is 84.8 cm³/mol. The monoisotopic (exact) mass is 272 g/mol. The molecule has 116 valence electrons. The summed E-state index contributed by atoms with van der Waals surface area (Å²) in [6.07, 6.45) is 6.40. The first-order valence-corrected chi connectivity index (χ1v) is 8.19. The lowest BCUT2D eigenvalue weighted by Gasteiger charge is -2.25. The number of nitrogens with one attached hydrogen (secondary N) is 1. The van der Waals surface area contributed by atoms with Gasteiger partial charge in [0.05, 0.1) is 12.2 Å². The minimum Gasteiger partial charge on any atom is -0.373 e. The Morgan fingerprint density at radius 1 is 1.16 bits per heavy atom. The van der Waals surface area contributed by atoms with E-state index in [1.165, 1.54) is 32.2 Å². The van der Waals surface area contributed by atoms with Gasteiger partial charge in [-0.2, -0.15) is 0 Å². The van der Waals surface area contributed by atoms with E-state index in [0.717, 1.165) is 19.1 Å². The van der Waals surface area contributed by atoms with Gasteiger partial charge in [0.15, 0.2) is 0 Å². The molecule has 3 nitrogen and oxygen atoms in total. The average molecular weight is 272 g/mol. The van der Waals surface area contributed by atoms with Crippen molar-refractivity contribution in [2.24, 2.45) is 0 Å². The highest BCUT2D eigenvalue weighted by atomic mass is 16.5. The number of nitrogens with zero attached hydrogens (tertiary/aromatic N) is 1. The van der Waals surface area contributed by atoms with Gasteiger partial charge in [0.25, 0.3) is 0 Å². The van der Waals surface area contributed by atoms with Gasteiger partial charge in [-0.1, -0.05) is 27.2 Å². The molecule has 2 rings (SSSR count). The van der Waals surface area contributed by atoms with E-state index in [0.29, 0.717) is 12.2 Å². The maximum absolute atomic E-state index is 5.42. The third-order valence-electron chi connectivity index (χ3n) is 3.62. The largest absolute Gasteiger partial charge is 0.373 e. The molecule has 0 radical (unpaired) electrons. The summed E-state index contributed by atoms with van der Waals surface area (Å²) in [7, 11) is 2.24. The zero-order valence-electron chi connectivity index (χ0n) is 14.0. The number of hydrogen-bond acceptors (Lipinski definition) is 3. The van der Waals surface area contributed by atoms with E-state index >= 15 is 0 Å². The van der Waals surface area contributed by atoms with Crippen molar-refractivity contribution in [3.8, 4) is 0 Å². The van der Waals surface area contributed by atoms with Crippen molar-refractivity contribution >= 4 is 0 Å². The van der Waals surface area contributed by atoms with Gasteiger partial charge in [-0.05, 0) is 46.7 Å². The van der Waals surface area contributed by atoms with Crippen molar-refractivity contribution in [3.63, 3.8) is 0 Å². The highest BCUT2D eigenvalue weighted by Crippen LogP contribution is 2.18. The van der Waals surface area contributed by atoms with E-state index in [4.69, 9.17) is 4.74 Å². The summed E-state index contributed by atoms with van der Waals surface area (Å²) in [5.41, 5.74) is 0. The first kappa shape index (κ1) is 18.9. The average Bonchev–Trinajstić information content (AvgIpc) is 2.79. The number of ether oxygens (including phenoxy) is 1. The quantitative estimate of drug-likeness (QED) is 0.835. The lowest BCUT2D eigenvalue weighted by atomic mass is 10.1. The molecule has 0 saturated carbocycles. The topological polar surface area (TPSA) is 24.5 Å². The van der Waals surface area contributed by atoms with Gasteiger partial charge in [-0.3, -0.25) is 0 Å². The van der Waals surface area contributed by atoms with Crippen LogP contribution in [0.3, 0.4) is 0 Å². The summed E-state index contributed by atoms with van der Waals surface area (Å²) in [4.78, 5) is 2.49. The molecule has 2 fully saturated rings. The van der Waals surface area contributed by atoms with E-state index < -0.39 is 0 Å². The first-order valence-electron chi connectivity index (χ1n) is 8.19. The van der Waals surface area contributed by atoms with E-state index in [2.05, 4.69) is 38.0 Å². The van der Waals surface area contributed by atoms with Crippen LogP contribution in [0.25, 0.3) is 0 Å². The maximum atomic E-state index is 5.42. The van der Waals surface area contributed by atoms with E-state index in [1.54, 1.807) is 0 Å². The third kappa shape index (κ3) is 8.61. The number of hydrogen-bond donors (Lipinski definition) is 1. The Labute approximate surface area is 121 Å². The van der Waals surface area contributed by atoms with Gasteiger partial charge in [-0.15, -0.1) is 0 Å². The van der Waals surface area contributed by atoms with Crippen LogP contribution in [0.15, 0.2) is 0 Å². The fourth-order valence-electron chi connectivity index (χ4n) is 2.66. The zero-order valence-corrected chi connectivity index (χ0v) is 14.0. The molecule has 2 saturated heterocycles. The van der Waals surface area contributed by atoms with E-state index in [-0.39, 0.29) is 0 Å². The summed E-state index contributed by atoms with van der Waals surface area (Å²) in [6.45, 7) is 13.8. The minimum absolute atomic E-state index is 0.402. The molecule has 3 atom stereocenters. The molecule has 3 unspecified atom stereocenters. The smallest absolute Gasteiger partial charge is 0.0675 e. The van der Waals surface area contributed by atoms with Crippen LogP contribution in [0, 0.1) is 0 Å². The molecule has 0 amide bonds. The van der Waals surface area contributed by atoms with E-state index in [1.807, 2.05) is 13.8 Å². The lowest BCUT2D eigenvalue weighted by molar-refractivity contribution is -0.0166. The third-order valence-corrected chi connectivity index (χ3v) is 3.62. The second-order valence-electron chi connectivity index (χ2n) is 5.48. The molecule has 2 heterocycles. The number of rotatable bonds is 2. The standard InChI is InChI=1S/C8H17N.C6H13NO.C2H6/c1-3-5-8-6-4-7-9(8)2;1-5-3-7-4-6(2)8-5;1-2/h8H,3-7H2,1-2H3;5-7H,3-4H2,1-2H3;1-2H3. The van der Waals surface area contributed by atoms with Crippen LogP contribution in [0.5, 0.6) is 0 Å². The predicted octanol–water partition coefficient (Wildman–Crippen LogP) is 3.29. The molecule has 0 aromatic heterocycles. The molecule has 3 heteroatoms. The summed E-state index contributed by atoms with van der Waals surface area (Å²) in [6, 6.07) is 0.912. The fraction of sp³-hybridized carbons (Fsp3) is 1.00. The SMILES string of the molecule is CC.CC1CNCC(C)O1.CCCC1CCCN1C. The molecule has 0 aliphatic carbocycles. The summed E-state index contributed by atoms with van der Waals surface area (Å²) < 4.78 is 5.42. The summed E-state index contributed by atoms with van der Waals surface area (Å²) in [5, 5.41) is 3.26. The molecule has 0 spiro atoms. The zero-order chi connectivity index (χ0) is 14.7. The Balaban J connectivity index is 0.000000303. The Kier molecular flexibility index (Phi) is 11.6. The van der Waals surface area contributed by atoms with Crippen LogP contribution in [-0.4, -0.2) is 49.8 Å². The van der Waals surface area contributed by atoms with Crippen LogP contribution in [0.1, 0.15) is 60.3 Å². The Morgan fingerprint density at radius 3 is 2.05 bits per heavy atom. The van der Waals surface area contributed by atoms with Crippen molar-refractivity contribution < 1.29 is 4.74 Å². The van der Waals surface area contributed by atoms with Gasteiger partial charge in [0.2, 0.25) is 0 Å². The molecule has 0 bridgehead atoms. The summed E-state index contributed by atoms with van der Waals surface area (Å²) in [5.74, 6) is 0. The molecule has 0 aromatic carbocycles. The highest BCUT2D eigenvalue weighted by Gasteiger charge is 2.18. The summed E-state index contributed by atoms with van der Waals surface area (Å²) >= 11 is 0. The van der Waals surface area contributed by atoms with Gasteiger partial charge in [0, 0.05) is 19.1 Å². The van der Waals surface area contributed by atoms with Crippen LogP contribution in [0.4, 0.5) is 0 Å². The normalized spacial score (nSPS) is 30.9. The molecular formula is C16H36N2O. The molecule has 19 heavy (non-hydrogen) atoms. The fourth-order valence-corrected chi connectivity index (χ4v) is 2.66. The van der Waals surface area contributed by atoms with Crippen LogP contribution in [-0.2, 0) is 4.74 Å². The minimum atomic E-state index is 0.402. The maximum Gasteiger partial charge on any atom is 0.0675 e. The van der Waals surface area contributed by atoms with Crippen molar-refractivity contribution in [2.45, 2.75) is 78.6 Å². The number of morpholine rings is 1. The Hall–Kier alpha value is -0.120. The van der Waals surface area contributed by atoms with Crippen molar-refractivity contribution in [2.75, 3.05) is 26.7 Å². The van der Waals surface area contributed by atoms with Crippen LogP contribution in [0.2, 0.25) is 0 Å². The highest BCUT2D eigenvalue weighted by molar-refractivity contribution is 4.75. The van der Waals surface area contributed by atoms with Crippen molar-refractivity contribution in [1.29, 1.82) is 0 Å². The molecule has 2 aliphatic rings. The lowest BCUT2D eigenvalue weighted by Crippen LogP contribution is -2.41. The van der Waals surface area contributed by atoms with Crippen molar-refractivity contribution in [1.82, 2.24) is 10.2 Å². The Morgan fingerprint density at radius 2 is 1.74 bits per heavy atom. The van der Waals surface area contributed by atoms with Crippen LogP contribution < -0.4 is 5.32 Å². The second kappa shape index (κ2) is 11.7. The molecule has 0 aromatic rings. The van der Waals surface area contributed by atoms with E-state index in [9.17, 15) is 0 Å². The van der Waals surface area contributed by atoms with Crippen molar-refractivity contribution in [3.05, 3.63) is 0 Å². The van der Waals surface area contributed by atoms with Gasteiger partial charge in [0.1, 0.15) is 0 Å².